The van der Waals surface area contributed by atoms with Crippen molar-refractivity contribution in [1.82, 2.24) is 15.1 Å². The van der Waals surface area contributed by atoms with E-state index in [1.54, 1.807) is 12.3 Å². The van der Waals surface area contributed by atoms with Crippen molar-refractivity contribution >= 4 is 0 Å². The highest BCUT2D eigenvalue weighted by Gasteiger charge is 2.34. The number of aromatic nitrogens is 2. The third-order valence-corrected chi connectivity index (χ3v) is 4.22. The van der Waals surface area contributed by atoms with Crippen molar-refractivity contribution in [2.45, 2.75) is 31.9 Å². The van der Waals surface area contributed by atoms with Crippen LogP contribution in [0.3, 0.4) is 0 Å². The highest BCUT2D eigenvalue weighted by molar-refractivity contribution is 5.44. The first kappa shape index (κ1) is 15.1. The molecule has 0 bridgehead atoms. The number of nitrogens with zero attached hydrogens (tertiary/aromatic N) is 2. The Balaban J connectivity index is 2.02. The highest BCUT2D eigenvalue weighted by Crippen LogP contribution is 2.35. The minimum Gasteiger partial charge on any atom is -0.316 e. The van der Waals surface area contributed by atoms with Crippen LogP contribution in [0.5, 0.6) is 0 Å². The molecule has 2 aromatic rings. The lowest BCUT2D eigenvalue weighted by Crippen LogP contribution is -2.28. The first-order valence-corrected chi connectivity index (χ1v) is 7.40. The molecule has 1 aliphatic heterocycles. The minimum atomic E-state index is -4.39. The number of piperidine rings is 1. The average molecular weight is 309 g/mol. The number of rotatable bonds is 2. The van der Waals surface area contributed by atoms with Crippen molar-refractivity contribution < 1.29 is 13.2 Å². The van der Waals surface area contributed by atoms with Gasteiger partial charge >= 0.3 is 6.18 Å². The molecule has 1 aromatic carbocycles. The maximum Gasteiger partial charge on any atom is 0.418 e. The Morgan fingerprint density at radius 3 is 2.73 bits per heavy atom. The zero-order valence-corrected chi connectivity index (χ0v) is 12.3. The van der Waals surface area contributed by atoms with Crippen LogP contribution in [0.2, 0.25) is 0 Å². The molecule has 0 amide bonds. The zero-order valence-electron chi connectivity index (χ0n) is 12.3. The Morgan fingerprint density at radius 1 is 1.27 bits per heavy atom. The van der Waals surface area contributed by atoms with E-state index in [2.05, 4.69) is 10.4 Å². The van der Waals surface area contributed by atoms with Gasteiger partial charge in [0.25, 0.3) is 0 Å². The predicted octanol–water partition coefficient (Wildman–Crippen LogP) is 3.67. The predicted molar refractivity (Wildman–Crippen MR) is 78.1 cm³/mol. The van der Waals surface area contributed by atoms with Crippen molar-refractivity contribution in [2.24, 2.45) is 0 Å². The third-order valence-electron chi connectivity index (χ3n) is 4.22. The van der Waals surface area contributed by atoms with Crippen LogP contribution in [-0.4, -0.2) is 22.9 Å². The van der Waals surface area contributed by atoms with Crippen LogP contribution in [0.15, 0.2) is 30.5 Å². The van der Waals surface area contributed by atoms with Crippen LogP contribution in [0, 0.1) is 6.92 Å². The van der Waals surface area contributed by atoms with Crippen LogP contribution in [0.1, 0.15) is 35.6 Å². The van der Waals surface area contributed by atoms with Gasteiger partial charge in [-0.3, -0.25) is 0 Å². The van der Waals surface area contributed by atoms with E-state index in [-0.39, 0.29) is 5.69 Å². The molecule has 118 valence electrons. The smallest absolute Gasteiger partial charge is 0.316 e. The molecule has 22 heavy (non-hydrogen) atoms. The van der Waals surface area contributed by atoms with E-state index in [0.717, 1.165) is 43.3 Å². The van der Waals surface area contributed by atoms with Gasteiger partial charge in [-0.25, -0.2) is 4.68 Å². The van der Waals surface area contributed by atoms with Gasteiger partial charge in [-0.05, 0) is 49.9 Å². The van der Waals surface area contributed by atoms with Gasteiger partial charge in [0, 0.05) is 12.2 Å². The number of para-hydroxylation sites is 1. The van der Waals surface area contributed by atoms with Crippen LogP contribution >= 0.6 is 0 Å². The van der Waals surface area contributed by atoms with Crippen molar-refractivity contribution in [3.05, 3.63) is 47.3 Å². The molecule has 0 spiro atoms. The Morgan fingerprint density at radius 2 is 2.05 bits per heavy atom. The van der Waals surface area contributed by atoms with Gasteiger partial charge in [0.05, 0.1) is 17.4 Å². The molecule has 0 saturated carbocycles. The lowest BCUT2D eigenvalue weighted by Gasteiger charge is -2.22. The minimum absolute atomic E-state index is 0.0857. The summed E-state index contributed by atoms with van der Waals surface area (Å²) in [6.07, 6.45) is -0.559. The molecule has 1 unspecified atom stereocenters. The molecule has 6 heteroatoms. The van der Waals surface area contributed by atoms with E-state index in [4.69, 9.17) is 0 Å². The molecule has 0 aliphatic carbocycles. The summed E-state index contributed by atoms with van der Waals surface area (Å²) < 4.78 is 40.9. The molecule has 1 N–H and O–H groups in total. The summed E-state index contributed by atoms with van der Waals surface area (Å²) in [5.41, 5.74) is 1.24. The SMILES string of the molecule is Cc1c(C2CCCNC2)cnn1-c1ccccc1C(F)(F)F. The maximum absolute atomic E-state index is 13.2. The van der Waals surface area contributed by atoms with E-state index in [9.17, 15) is 13.2 Å². The largest absolute Gasteiger partial charge is 0.418 e. The molecule has 2 heterocycles. The van der Waals surface area contributed by atoms with Crippen molar-refractivity contribution in [3.63, 3.8) is 0 Å². The summed E-state index contributed by atoms with van der Waals surface area (Å²) in [5, 5.41) is 7.55. The molecule has 1 aliphatic rings. The Kier molecular flexibility index (Phi) is 3.95. The Labute approximate surface area is 127 Å². The third kappa shape index (κ3) is 2.75. The van der Waals surface area contributed by atoms with Gasteiger partial charge in [-0.1, -0.05) is 12.1 Å². The number of hydrogen-bond donors (Lipinski definition) is 1. The van der Waals surface area contributed by atoms with E-state index >= 15 is 0 Å². The number of hydrogen-bond acceptors (Lipinski definition) is 2. The molecule has 1 fully saturated rings. The van der Waals surface area contributed by atoms with Crippen molar-refractivity contribution in [1.29, 1.82) is 0 Å². The number of halogens is 3. The maximum atomic E-state index is 13.2. The topological polar surface area (TPSA) is 29.9 Å². The standard InChI is InChI=1S/C16H18F3N3/c1-11-13(12-5-4-8-20-9-12)10-21-22(11)15-7-3-2-6-14(15)16(17,18)19/h2-3,6-7,10,12,20H,4-5,8-9H2,1H3. The molecule has 1 atom stereocenters. The fourth-order valence-electron chi connectivity index (χ4n) is 3.08. The van der Waals surface area contributed by atoms with Gasteiger partial charge in [-0.2, -0.15) is 18.3 Å². The van der Waals surface area contributed by atoms with E-state index in [0.29, 0.717) is 5.92 Å². The molecule has 3 nitrogen and oxygen atoms in total. The lowest BCUT2D eigenvalue weighted by atomic mass is 9.92. The second-order valence-corrected chi connectivity index (χ2v) is 5.66. The van der Waals surface area contributed by atoms with Crippen molar-refractivity contribution in [2.75, 3.05) is 13.1 Å². The number of benzene rings is 1. The van der Waals surface area contributed by atoms with Gasteiger partial charge in [-0.15, -0.1) is 0 Å². The summed E-state index contributed by atoms with van der Waals surface area (Å²) in [7, 11) is 0. The van der Waals surface area contributed by atoms with Crippen LogP contribution in [0.4, 0.5) is 13.2 Å². The summed E-state index contributed by atoms with van der Waals surface area (Å²) in [6, 6.07) is 5.56. The van der Waals surface area contributed by atoms with Gasteiger partial charge in [0.15, 0.2) is 0 Å². The fourth-order valence-corrected chi connectivity index (χ4v) is 3.08. The van der Waals surface area contributed by atoms with E-state index < -0.39 is 11.7 Å². The number of alkyl halides is 3. The van der Waals surface area contributed by atoms with E-state index in [1.165, 1.54) is 16.8 Å². The monoisotopic (exact) mass is 309 g/mol. The van der Waals surface area contributed by atoms with Crippen LogP contribution in [0.25, 0.3) is 5.69 Å². The molecular weight excluding hydrogens is 291 g/mol. The zero-order chi connectivity index (χ0) is 15.7. The Hall–Kier alpha value is -1.82. The quantitative estimate of drug-likeness (QED) is 0.917. The molecular formula is C16H18F3N3. The van der Waals surface area contributed by atoms with Crippen LogP contribution < -0.4 is 5.32 Å². The highest BCUT2D eigenvalue weighted by atomic mass is 19.4. The first-order valence-electron chi connectivity index (χ1n) is 7.40. The molecule has 0 radical (unpaired) electrons. The summed E-state index contributed by atoms with van der Waals surface area (Å²) in [5.74, 6) is 0.320. The van der Waals surface area contributed by atoms with Gasteiger partial charge < -0.3 is 5.32 Å². The van der Waals surface area contributed by atoms with Gasteiger partial charge in [0.2, 0.25) is 0 Å². The number of nitrogens with one attached hydrogen (secondary N) is 1. The van der Waals surface area contributed by atoms with E-state index in [1.807, 2.05) is 6.92 Å². The lowest BCUT2D eigenvalue weighted by molar-refractivity contribution is -0.137. The second-order valence-electron chi connectivity index (χ2n) is 5.66. The molecule has 1 saturated heterocycles. The first-order chi connectivity index (χ1) is 10.5. The molecule has 3 rings (SSSR count). The van der Waals surface area contributed by atoms with Gasteiger partial charge in [0.1, 0.15) is 0 Å². The normalized spacial score (nSPS) is 19.4. The average Bonchev–Trinajstić information content (AvgIpc) is 2.89. The van der Waals surface area contributed by atoms with Crippen molar-refractivity contribution in [3.8, 4) is 5.69 Å². The second kappa shape index (κ2) is 5.76. The fraction of sp³-hybridized carbons (Fsp3) is 0.438. The summed E-state index contributed by atoms with van der Waals surface area (Å²) in [6.45, 7) is 3.69. The summed E-state index contributed by atoms with van der Waals surface area (Å²) in [4.78, 5) is 0. The Bertz CT molecular complexity index is 655. The summed E-state index contributed by atoms with van der Waals surface area (Å²) >= 11 is 0. The molecule has 1 aromatic heterocycles. The van der Waals surface area contributed by atoms with Crippen LogP contribution in [-0.2, 0) is 6.18 Å².